The molecule has 0 radical (unpaired) electrons. The Labute approximate surface area is 154 Å². The summed E-state index contributed by atoms with van der Waals surface area (Å²) in [5.41, 5.74) is 5.59. The summed E-state index contributed by atoms with van der Waals surface area (Å²) in [5, 5.41) is 10.7. The number of amides is 2. The van der Waals surface area contributed by atoms with Gasteiger partial charge in [-0.1, -0.05) is 29.8 Å². The van der Waals surface area contributed by atoms with Gasteiger partial charge in [0.15, 0.2) is 0 Å². The normalized spacial score (nSPS) is 11.2. The Morgan fingerprint density at radius 1 is 1.00 bits per heavy atom. The molecule has 2 rings (SSSR count). The van der Waals surface area contributed by atoms with Gasteiger partial charge in [-0.15, -0.1) is 0 Å². The number of hydrogen-bond donors (Lipinski definition) is 3. The van der Waals surface area contributed by atoms with Crippen LogP contribution in [0.4, 0.5) is 4.79 Å². The van der Waals surface area contributed by atoms with E-state index in [0.717, 1.165) is 22.3 Å². The summed E-state index contributed by atoms with van der Waals surface area (Å²) in [4.78, 5) is 12.0. The SMILES string of the molecule is Cc1cc(C)c(CNC(=O)NCCc2ccc(S(N)(=O)=O)cc2)c(C)c1. The molecule has 26 heavy (non-hydrogen) atoms. The highest BCUT2D eigenvalue weighted by Crippen LogP contribution is 2.16. The predicted molar refractivity (Wildman–Crippen MR) is 102 cm³/mol. The molecular weight excluding hydrogens is 350 g/mol. The maximum Gasteiger partial charge on any atom is 0.315 e. The molecule has 0 spiro atoms. The van der Waals surface area contributed by atoms with E-state index in [2.05, 4.69) is 29.7 Å². The Morgan fingerprint density at radius 3 is 2.12 bits per heavy atom. The van der Waals surface area contributed by atoms with Gasteiger partial charge in [-0.25, -0.2) is 18.4 Å². The second-order valence-electron chi connectivity index (χ2n) is 6.43. The van der Waals surface area contributed by atoms with Crippen LogP contribution in [0.2, 0.25) is 0 Å². The lowest BCUT2D eigenvalue weighted by atomic mass is 10.00. The number of hydrogen-bond acceptors (Lipinski definition) is 3. The molecule has 0 aliphatic carbocycles. The van der Waals surface area contributed by atoms with Crippen LogP contribution in [0.15, 0.2) is 41.3 Å². The van der Waals surface area contributed by atoms with E-state index in [0.29, 0.717) is 19.5 Å². The molecule has 0 saturated carbocycles. The molecule has 0 aromatic heterocycles. The van der Waals surface area contributed by atoms with Crippen molar-refractivity contribution in [2.45, 2.75) is 38.6 Å². The number of carbonyl (C=O) groups excluding carboxylic acids is 1. The van der Waals surface area contributed by atoms with Crippen LogP contribution < -0.4 is 15.8 Å². The molecule has 2 aromatic rings. The Hall–Kier alpha value is -2.38. The minimum Gasteiger partial charge on any atom is -0.338 e. The van der Waals surface area contributed by atoms with Crippen LogP contribution in [0.1, 0.15) is 27.8 Å². The van der Waals surface area contributed by atoms with E-state index in [-0.39, 0.29) is 10.9 Å². The highest BCUT2D eigenvalue weighted by Gasteiger charge is 2.08. The number of aryl methyl sites for hydroxylation is 3. The zero-order chi connectivity index (χ0) is 19.3. The number of nitrogens with two attached hydrogens (primary N) is 1. The number of rotatable bonds is 6. The molecule has 2 aromatic carbocycles. The second-order valence-corrected chi connectivity index (χ2v) is 7.99. The van der Waals surface area contributed by atoms with Gasteiger partial charge in [-0.3, -0.25) is 0 Å². The first kappa shape index (κ1) is 19.9. The van der Waals surface area contributed by atoms with E-state index in [4.69, 9.17) is 5.14 Å². The van der Waals surface area contributed by atoms with Crippen molar-refractivity contribution in [3.63, 3.8) is 0 Å². The maximum absolute atomic E-state index is 12.0. The van der Waals surface area contributed by atoms with Gasteiger partial charge >= 0.3 is 6.03 Å². The molecular formula is C19H25N3O3S. The first-order chi connectivity index (χ1) is 12.2. The van der Waals surface area contributed by atoms with Gasteiger partial charge in [0.25, 0.3) is 0 Å². The standard InChI is InChI=1S/C19H25N3O3S/c1-13-10-14(2)18(15(3)11-13)12-22-19(23)21-9-8-16-4-6-17(7-5-16)26(20,24)25/h4-7,10-11H,8-9,12H2,1-3H3,(H2,20,24,25)(H2,21,22,23). The van der Waals surface area contributed by atoms with Crippen LogP contribution >= 0.6 is 0 Å². The summed E-state index contributed by atoms with van der Waals surface area (Å²) < 4.78 is 22.4. The first-order valence-corrected chi connectivity index (χ1v) is 9.91. The first-order valence-electron chi connectivity index (χ1n) is 8.37. The quantitative estimate of drug-likeness (QED) is 0.722. The number of nitrogens with one attached hydrogen (secondary N) is 2. The molecule has 0 aliphatic heterocycles. The van der Waals surface area contributed by atoms with Crippen molar-refractivity contribution in [2.24, 2.45) is 5.14 Å². The van der Waals surface area contributed by atoms with Gasteiger partial charge in [0.2, 0.25) is 10.0 Å². The molecule has 0 fully saturated rings. The van der Waals surface area contributed by atoms with Crippen LogP contribution in [0, 0.1) is 20.8 Å². The van der Waals surface area contributed by atoms with Crippen LogP contribution in [-0.2, 0) is 23.0 Å². The van der Waals surface area contributed by atoms with Crippen molar-refractivity contribution in [1.82, 2.24) is 10.6 Å². The molecule has 0 bridgehead atoms. The van der Waals surface area contributed by atoms with Gasteiger partial charge in [0.1, 0.15) is 0 Å². The fourth-order valence-electron chi connectivity index (χ4n) is 2.89. The van der Waals surface area contributed by atoms with E-state index in [1.807, 2.05) is 13.8 Å². The average Bonchev–Trinajstić information content (AvgIpc) is 2.53. The summed E-state index contributed by atoms with van der Waals surface area (Å²) in [6.07, 6.45) is 0.598. The third-order valence-electron chi connectivity index (χ3n) is 4.22. The van der Waals surface area contributed by atoms with Crippen LogP contribution in [0.5, 0.6) is 0 Å². The minimum atomic E-state index is -3.68. The highest BCUT2D eigenvalue weighted by molar-refractivity contribution is 7.89. The van der Waals surface area contributed by atoms with Gasteiger partial charge in [-0.2, -0.15) is 0 Å². The van der Waals surface area contributed by atoms with E-state index in [9.17, 15) is 13.2 Å². The van der Waals surface area contributed by atoms with Gasteiger partial charge in [0, 0.05) is 13.1 Å². The summed E-state index contributed by atoms with van der Waals surface area (Å²) in [6.45, 7) is 7.07. The number of sulfonamides is 1. The maximum atomic E-state index is 12.0. The lowest BCUT2D eigenvalue weighted by molar-refractivity contribution is 0.240. The predicted octanol–water partition coefficient (Wildman–Crippen LogP) is 2.30. The number of benzene rings is 2. The highest BCUT2D eigenvalue weighted by atomic mass is 32.2. The van der Waals surface area contributed by atoms with Crippen LogP contribution in [0.3, 0.4) is 0 Å². The van der Waals surface area contributed by atoms with Crippen molar-refractivity contribution in [3.05, 3.63) is 64.2 Å². The third-order valence-corrected chi connectivity index (χ3v) is 5.15. The molecule has 4 N–H and O–H groups in total. The van der Waals surface area contributed by atoms with Gasteiger partial charge < -0.3 is 10.6 Å². The summed E-state index contributed by atoms with van der Waals surface area (Å²) in [5.74, 6) is 0. The lowest BCUT2D eigenvalue weighted by Crippen LogP contribution is -2.36. The van der Waals surface area contributed by atoms with Crippen LogP contribution in [0.25, 0.3) is 0 Å². The molecule has 0 unspecified atom stereocenters. The fourth-order valence-corrected chi connectivity index (χ4v) is 3.40. The average molecular weight is 375 g/mol. The lowest BCUT2D eigenvalue weighted by Gasteiger charge is -2.13. The third kappa shape index (κ3) is 5.57. The molecule has 0 saturated heterocycles. The Balaban J connectivity index is 1.81. The minimum absolute atomic E-state index is 0.0794. The Kier molecular flexibility index (Phi) is 6.39. The molecule has 0 aliphatic rings. The number of carbonyl (C=O) groups is 1. The van der Waals surface area contributed by atoms with Crippen molar-refractivity contribution in [3.8, 4) is 0 Å². The topological polar surface area (TPSA) is 101 Å². The molecule has 7 heteroatoms. The monoisotopic (exact) mass is 375 g/mol. The van der Waals surface area contributed by atoms with E-state index in [1.165, 1.54) is 17.7 Å². The molecule has 140 valence electrons. The molecule has 0 atom stereocenters. The summed E-state index contributed by atoms with van der Waals surface area (Å²) in [6, 6.07) is 10.3. The largest absolute Gasteiger partial charge is 0.338 e. The molecule has 2 amide bonds. The zero-order valence-electron chi connectivity index (χ0n) is 15.3. The molecule has 0 heterocycles. The van der Waals surface area contributed by atoms with Crippen molar-refractivity contribution >= 4 is 16.1 Å². The van der Waals surface area contributed by atoms with Crippen LogP contribution in [-0.4, -0.2) is 21.0 Å². The fraction of sp³-hybridized carbons (Fsp3) is 0.316. The number of urea groups is 1. The smallest absolute Gasteiger partial charge is 0.315 e. The van der Waals surface area contributed by atoms with E-state index >= 15 is 0 Å². The van der Waals surface area contributed by atoms with Crippen molar-refractivity contribution in [1.29, 1.82) is 0 Å². The van der Waals surface area contributed by atoms with E-state index in [1.54, 1.807) is 12.1 Å². The summed E-state index contributed by atoms with van der Waals surface area (Å²) in [7, 11) is -3.68. The zero-order valence-corrected chi connectivity index (χ0v) is 16.1. The second kappa shape index (κ2) is 8.33. The van der Waals surface area contributed by atoms with Crippen molar-refractivity contribution in [2.75, 3.05) is 6.54 Å². The summed E-state index contributed by atoms with van der Waals surface area (Å²) >= 11 is 0. The molecule has 6 nitrogen and oxygen atoms in total. The van der Waals surface area contributed by atoms with E-state index < -0.39 is 10.0 Å². The van der Waals surface area contributed by atoms with Gasteiger partial charge in [0.05, 0.1) is 4.90 Å². The van der Waals surface area contributed by atoms with Gasteiger partial charge in [-0.05, 0) is 61.6 Å². The Morgan fingerprint density at radius 2 is 1.58 bits per heavy atom. The Bertz CT molecular complexity index is 868. The van der Waals surface area contributed by atoms with Crippen molar-refractivity contribution < 1.29 is 13.2 Å². The number of primary sulfonamides is 1.